The summed E-state index contributed by atoms with van der Waals surface area (Å²) in [5, 5.41) is 11.0. The minimum atomic E-state index is -0.334. The molecular formula is C21H18BrN5O3S. The first-order valence-corrected chi connectivity index (χ1v) is 11.1. The number of nitrogens with one attached hydrogen (secondary N) is 1. The van der Waals surface area contributed by atoms with Gasteiger partial charge in [0.05, 0.1) is 17.1 Å². The number of hydrogen-bond acceptors (Lipinski definition) is 6. The molecule has 0 aliphatic carbocycles. The molecule has 4 rings (SSSR count). The molecule has 1 N–H and O–H groups in total. The smallest absolute Gasteiger partial charge is 0.295 e. The Hall–Kier alpha value is -3.11. The molecule has 0 saturated carbocycles. The molecule has 0 aliphatic rings. The predicted molar refractivity (Wildman–Crippen MR) is 123 cm³/mol. The highest BCUT2D eigenvalue weighted by Crippen LogP contribution is 2.24. The maximum atomic E-state index is 12.9. The number of carbonyl (C=O) groups excluding carboxylic acids is 1. The Morgan fingerprint density at radius 2 is 1.84 bits per heavy atom. The summed E-state index contributed by atoms with van der Waals surface area (Å²) in [5.74, 6) is 0.0700. The standard InChI is InChI=1S/C21H18BrN5O3S/c1-13-18(20(29)27(26(13)2)16-6-4-3-5-7-16)23-17(28)12-31-21-25-24-19(30-21)14-8-10-15(22)11-9-14/h3-11H,12H2,1-2H3,(H,23,28). The number of anilines is 1. The quantitative estimate of drug-likeness (QED) is 0.402. The molecule has 158 valence electrons. The molecule has 1 amide bonds. The van der Waals surface area contributed by atoms with Crippen LogP contribution in [0.2, 0.25) is 0 Å². The van der Waals surface area contributed by atoms with E-state index in [1.165, 1.54) is 4.68 Å². The number of thioether (sulfide) groups is 1. The highest BCUT2D eigenvalue weighted by atomic mass is 79.9. The topological polar surface area (TPSA) is 95.0 Å². The second-order valence-corrected chi connectivity index (χ2v) is 8.50. The molecule has 0 fully saturated rings. The molecular weight excluding hydrogens is 482 g/mol. The van der Waals surface area contributed by atoms with E-state index in [1.807, 2.05) is 54.6 Å². The molecule has 2 aromatic carbocycles. The summed E-state index contributed by atoms with van der Waals surface area (Å²) in [6, 6.07) is 16.7. The van der Waals surface area contributed by atoms with E-state index in [2.05, 4.69) is 31.4 Å². The Bertz CT molecular complexity index is 1280. The minimum Gasteiger partial charge on any atom is -0.411 e. The van der Waals surface area contributed by atoms with Crippen LogP contribution in [-0.4, -0.2) is 31.2 Å². The monoisotopic (exact) mass is 499 g/mol. The van der Waals surface area contributed by atoms with Gasteiger partial charge >= 0.3 is 0 Å². The van der Waals surface area contributed by atoms with Crippen molar-refractivity contribution >= 4 is 39.3 Å². The third-order valence-corrected chi connectivity index (χ3v) is 5.99. The van der Waals surface area contributed by atoms with Gasteiger partial charge in [0.25, 0.3) is 10.8 Å². The van der Waals surface area contributed by atoms with Crippen molar-refractivity contribution in [2.75, 3.05) is 11.1 Å². The van der Waals surface area contributed by atoms with Crippen molar-refractivity contribution in [1.29, 1.82) is 0 Å². The number of amides is 1. The van der Waals surface area contributed by atoms with Crippen molar-refractivity contribution in [2.24, 2.45) is 7.05 Å². The summed E-state index contributed by atoms with van der Waals surface area (Å²) in [6.45, 7) is 1.78. The minimum absolute atomic E-state index is 0.0289. The van der Waals surface area contributed by atoms with Crippen molar-refractivity contribution < 1.29 is 9.21 Å². The molecule has 2 aromatic heterocycles. The zero-order chi connectivity index (χ0) is 22.0. The lowest BCUT2D eigenvalue weighted by Gasteiger charge is -2.07. The number of benzene rings is 2. The lowest BCUT2D eigenvalue weighted by molar-refractivity contribution is -0.113. The largest absolute Gasteiger partial charge is 0.411 e. The second-order valence-electron chi connectivity index (χ2n) is 6.65. The summed E-state index contributed by atoms with van der Waals surface area (Å²) in [4.78, 5) is 25.4. The fraction of sp³-hybridized carbons (Fsp3) is 0.143. The van der Waals surface area contributed by atoms with Gasteiger partial charge in [-0.2, -0.15) is 0 Å². The van der Waals surface area contributed by atoms with Crippen LogP contribution in [0.4, 0.5) is 5.69 Å². The third-order valence-electron chi connectivity index (χ3n) is 4.64. The zero-order valence-corrected chi connectivity index (χ0v) is 19.1. The fourth-order valence-corrected chi connectivity index (χ4v) is 3.82. The average molecular weight is 500 g/mol. The van der Waals surface area contributed by atoms with Crippen LogP contribution in [0.25, 0.3) is 17.1 Å². The number of rotatable bonds is 6. The summed E-state index contributed by atoms with van der Waals surface area (Å²) < 4.78 is 9.79. The number of nitrogens with zero attached hydrogens (tertiary/aromatic N) is 4. The summed E-state index contributed by atoms with van der Waals surface area (Å²) in [6.07, 6.45) is 0. The highest BCUT2D eigenvalue weighted by molar-refractivity contribution is 9.10. The molecule has 0 aliphatic heterocycles. The van der Waals surface area contributed by atoms with Crippen LogP contribution in [0.5, 0.6) is 0 Å². The van der Waals surface area contributed by atoms with Gasteiger partial charge in [-0.25, -0.2) is 4.68 Å². The van der Waals surface area contributed by atoms with E-state index < -0.39 is 0 Å². The van der Waals surface area contributed by atoms with E-state index in [-0.39, 0.29) is 28.1 Å². The van der Waals surface area contributed by atoms with Gasteiger partial charge in [-0.1, -0.05) is 45.9 Å². The first kappa shape index (κ1) is 21.1. The maximum absolute atomic E-state index is 12.9. The number of para-hydroxylation sites is 1. The maximum Gasteiger partial charge on any atom is 0.295 e. The third kappa shape index (κ3) is 4.49. The predicted octanol–water partition coefficient (Wildman–Crippen LogP) is 4.03. The Balaban J connectivity index is 1.44. The summed E-state index contributed by atoms with van der Waals surface area (Å²) in [7, 11) is 1.77. The van der Waals surface area contributed by atoms with Gasteiger partial charge in [-0.15, -0.1) is 10.2 Å². The van der Waals surface area contributed by atoms with E-state index in [1.54, 1.807) is 18.7 Å². The summed E-state index contributed by atoms with van der Waals surface area (Å²) >= 11 is 4.49. The van der Waals surface area contributed by atoms with E-state index in [9.17, 15) is 9.59 Å². The molecule has 0 radical (unpaired) electrons. The first-order chi connectivity index (χ1) is 14.9. The number of halogens is 1. The van der Waals surface area contributed by atoms with E-state index in [0.29, 0.717) is 11.6 Å². The van der Waals surface area contributed by atoms with Crippen molar-refractivity contribution in [3.63, 3.8) is 0 Å². The number of hydrogen-bond donors (Lipinski definition) is 1. The van der Waals surface area contributed by atoms with Gasteiger partial charge in [0.1, 0.15) is 5.69 Å². The number of carbonyl (C=O) groups is 1. The Morgan fingerprint density at radius 1 is 1.13 bits per heavy atom. The molecule has 0 atom stereocenters. The second kappa shape index (κ2) is 8.94. The van der Waals surface area contributed by atoms with Crippen LogP contribution in [-0.2, 0) is 11.8 Å². The van der Waals surface area contributed by atoms with Crippen LogP contribution in [0.15, 0.2) is 73.5 Å². The fourth-order valence-electron chi connectivity index (χ4n) is 2.99. The van der Waals surface area contributed by atoms with Crippen molar-refractivity contribution in [3.8, 4) is 17.1 Å². The summed E-state index contributed by atoms with van der Waals surface area (Å²) in [5.41, 5.74) is 2.12. The van der Waals surface area contributed by atoms with Gasteiger partial charge in [-0.05, 0) is 43.3 Å². The average Bonchev–Trinajstić information content (AvgIpc) is 3.33. The van der Waals surface area contributed by atoms with Crippen molar-refractivity contribution in [2.45, 2.75) is 12.1 Å². The molecule has 0 unspecified atom stereocenters. The van der Waals surface area contributed by atoms with Crippen LogP contribution in [0, 0.1) is 6.92 Å². The normalized spacial score (nSPS) is 10.9. The van der Waals surface area contributed by atoms with Gasteiger partial charge in [0, 0.05) is 17.1 Å². The Kier molecular flexibility index (Phi) is 6.10. The SMILES string of the molecule is Cc1c(NC(=O)CSc2nnc(-c3ccc(Br)cc3)o2)c(=O)n(-c2ccccc2)n1C. The van der Waals surface area contributed by atoms with Crippen molar-refractivity contribution in [1.82, 2.24) is 19.6 Å². The van der Waals surface area contributed by atoms with Crippen LogP contribution < -0.4 is 10.9 Å². The number of aromatic nitrogens is 4. The Labute approximate surface area is 190 Å². The first-order valence-electron chi connectivity index (χ1n) is 9.30. The molecule has 0 saturated heterocycles. The molecule has 0 spiro atoms. The Morgan fingerprint density at radius 3 is 2.55 bits per heavy atom. The molecule has 4 aromatic rings. The zero-order valence-electron chi connectivity index (χ0n) is 16.7. The lowest BCUT2D eigenvalue weighted by Crippen LogP contribution is -2.23. The van der Waals surface area contributed by atoms with Gasteiger partial charge in [0.15, 0.2) is 0 Å². The molecule has 8 nitrogen and oxygen atoms in total. The van der Waals surface area contributed by atoms with E-state index in [4.69, 9.17) is 4.42 Å². The molecule has 2 heterocycles. The molecule has 31 heavy (non-hydrogen) atoms. The highest BCUT2D eigenvalue weighted by Gasteiger charge is 2.19. The van der Waals surface area contributed by atoms with Crippen LogP contribution >= 0.6 is 27.7 Å². The van der Waals surface area contributed by atoms with Crippen molar-refractivity contribution in [3.05, 3.63) is 75.1 Å². The van der Waals surface area contributed by atoms with Gasteiger partial charge in [0.2, 0.25) is 11.8 Å². The molecule has 0 bridgehead atoms. The van der Waals surface area contributed by atoms with E-state index >= 15 is 0 Å². The van der Waals surface area contributed by atoms with Crippen LogP contribution in [0.3, 0.4) is 0 Å². The van der Waals surface area contributed by atoms with Gasteiger partial charge in [-0.3, -0.25) is 14.3 Å². The van der Waals surface area contributed by atoms with Gasteiger partial charge < -0.3 is 9.73 Å². The molecule has 10 heteroatoms. The lowest BCUT2D eigenvalue weighted by atomic mass is 10.2. The van der Waals surface area contributed by atoms with E-state index in [0.717, 1.165) is 27.5 Å². The van der Waals surface area contributed by atoms with Crippen LogP contribution in [0.1, 0.15) is 5.69 Å².